The number of ether oxygens (including phenoxy) is 3. The van der Waals surface area contributed by atoms with Crippen LogP contribution in [0.25, 0.3) is 10.4 Å². The van der Waals surface area contributed by atoms with E-state index in [1.54, 1.807) is 21.1 Å². The number of benzene rings is 1. The molecule has 6 nitrogen and oxygen atoms in total. The molecule has 1 fully saturated rings. The van der Waals surface area contributed by atoms with Gasteiger partial charge in [0, 0.05) is 10.9 Å². The molecule has 3 rings (SSSR count). The Morgan fingerprint density at radius 3 is 2.59 bits per heavy atom. The maximum absolute atomic E-state index is 12.4. The summed E-state index contributed by atoms with van der Waals surface area (Å²) >= 11 is 6.70. The number of carbonyl (C=O) groups excluding carboxylic acids is 1. The quantitative estimate of drug-likeness (QED) is 0.531. The Kier molecular flexibility index (Phi) is 6.18. The molecule has 1 aromatic heterocycles. The molecule has 2 N–H and O–H groups in total. The Labute approximate surface area is 167 Å². The van der Waals surface area contributed by atoms with Gasteiger partial charge in [0.2, 0.25) is 0 Å². The number of anilines is 1. The van der Waals surface area contributed by atoms with E-state index in [2.05, 4.69) is 10.6 Å². The van der Waals surface area contributed by atoms with Crippen LogP contribution >= 0.6 is 23.6 Å². The van der Waals surface area contributed by atoms with Crippen molar-refractivity contribution in [2.45, 2.75) is 25.8 Å². The van der Waals surface area contributed by atoms with Gasteiger partial charge in [-0.3, -0.25) is 0 Å². The predicted molar refractivity (Wildman–Crippen MR) is 111 cm³/mol. The number of esters is 1. The minimum atomic E-state index is -0.369. The molecule has 0 bridgehead atoms. The van der Waals surface area contributed by atoms with Crippen molar-refractivity contribution in [2.24, 2.45) is 0 Å². The maximum Gasteiger partial charge on any atom is 0.350 e. The molecule has 0 amide bonds. The zero-order valence-corrected chi connectivity index (χ0v) is 17.1. The minimum absolute atomic E-state index is 0.312. The van der Waals surface area contributed by atoms with E-state index >= 15 is 0 Å². The van der Waals surface area contributed by atoms with Gasteiger partial charge in [0.1, 0.15) is 4.88 Å². The van der Waals surface area contributed by atoms with Gasteiger partial charge in [-0.15, -0.1) is 11.3 Å². The van der Waals surface area contributed by atoms with Crippen LogP contribution in [0.15, 0.2) is 24.3 Å². The molecule has 0 unspecified atom stereocenters. The lowest BCUT2D eigenvalue weighted by molar-refractivity contribution is 0.0533. The molecule has 1 aliphatic rings. The van der Waals surface area contributed by atoms with Crippen molar-refractivity contribution in [3.63, 3.8) is 0 Å². The third kappa shape index (κ3) is 4.70. The third-order valence-electron chi connectivity index (χ3n) is 4.02. The number of nitrogens with one attached hydrogen (secondary N) is 2. The van der Waals surface area contributed by atoms with E-state index in [1.165, 1.54) is 11.3 Å². The largest absolute Gasteiger partial charge is 0.493 e. The fourth-order valence-electron chi connectivity index (χ4n) is 2.54. The van der Waals surface area contributed by atoms with Crippen molar-refractivity contribution < 1.29 is 19.0 Å². The first-order chi connectivity index (χ1) is 13.0. The molecular formula is C19H22N2O4S2. The van der Waals surface area contributed by atoms with Gasteiger partial charge in [0.15, 0.2) is 16.6 Å². The van der Waals surface area contributed by atoms with Crippen molar-refractivity contribution in [3.05, 3.63) is 29.1 Å². The number of carbonyl (C=O) groups is 1. The molecule has 0 spiro atoms. The molecule has 8 heteroatoms. The van der Waals surface area contributed by atoms with Gasteiger partial charge in [-0.1, -0.05) is 0 Å². The van der Waals surface area contributed by atoms with E-state index in [0.29, 0.717) is 39.8 Å². The van der Waals surface area contributed by atoms with E-state index < -0.39 is 0 Å². The average Bonchev–Trinajstić information content (AvgIpc) is 3.37. The summed E-state index contributed by atoms with van der Waals surface area (Å²) in [7, 11) is 3.19. The van der Waals surface area contributed by atoms with Crippen LogP contribution < -0.4 is 20.1 Å². The number of thiocarbonyl (C=S) groups is 1. The Morgan fingerprint density at radius 1 is 1.22 bits per heavy atom. The standard InChI is InChI=1S/C19H22N2O4S2/c1-4-25-18(22)17-13(21-19(26)20-12-6-7-12)10-16(27-17)11-5-8-14(23-2)15(9-11)24-3/h5,8-10,12H,4,6-7H2,1-3H3,(H2,20,21,26). The summed E-state index contributed by atoms with van der Waals surface area (Å²) in [5.41, 5.74) is 1.55. The van der Waals surface area contributed by atoms with Crippen LogP contribution in [0.2, 0.25) is 0 Å². The van der Waals surface area contributed by atoms with Gasteiger partial charge in [-0.25, -0.2) is 4.79 Å². The highest BCUT2D eigenvalue weighted by Gasteiger charge is 2.24. The second kappa shape index (κ2) is 8.58. The first-order valence-corrected chi connectivity index (χ1v) is 9.89. The topological polar surface area (TPSA) is 68.8 Å². The minimum Gasteiger partial charge on any atom is -0.493 e. The summed E-state index contributed by atoms with van der Waals surface area (Å²) in [5, 5.41) is 6.87. The van der Waals surface area contributed by atoms with E-state index in [1.807, 2.05) is 24.3 Å². The highest BCUT2D eigenvalue weighted by Crippen LogP contribution is 2.39. The first kappa shape index (κ1) is 19.4. The Hall–Kier alpha value is -2.32. The van der Waals surface area contributed by atoms with Crippen molar-refractivity contribution >= 4 is 40.3 Å². The van der Waals surface area contributed by atoms with Gasteiger partial charge in [0.05, 0.1) is 26.5 Å². The first-order valence-electron chi connectivity index (χ1n) is 8.66. The van der Waals surface area contributed by atoms with Gasteiger partial charge >= 0.3 is 5.97 Å². The molecule has 0 atom stereocenters. The van der Waals surface area contributed by atoms with Crippen molar-refractivity contribution in [2.75, 3.05) is 26.1 Å². The monoisotopic (exact) mass is 406 g/mol. The van der Waals surface area contributed by atoms with Crippen LogP contribution in [0.3, 0.4) is 0 Å². The van der Waals surface area contributed by atoms with Crippen LogP contribution in [0.4, 0.5) is 5.69 Å². The zero-order chi connectivity index (χ0) is 19.4. The fraction of sp³-hybridized carbons (Fsp3) is 0.368. The zero-order valence-electron chi connectivity index (χ0n) is 15.5. The molecule has 1 heterocycles. The fourth-order valence-corrected chi connectivity index (χ4v) is 3.82. The molecule has 1 saturated carbocycles. The molecule has 1 aliphatic carbocycles. The van der Waals surface area contributed by atoms with Gasteiger partial charge < -0.3 is 24.8 Å². The summed E-state index contributed by atoms with van der Waals surface area (Å²) < 4.78 is 15.9. The maximum atomic E-state index is 12.4. The van der Waals surface area contributed by atoms with Crippen LogP contribution in [-0.2, 0) is 4.74 Å². The summed E-state index contributed by atoms with van der Waals surface area (Å²) in [4.78, 5) is 13.8. The van der Waals surface area contributed by atoms with Crippen LogP contribution in [0.5, 0.6) is 11.5 Å². The molecule has 0 saturated heterocycles. The summed E-state index contributed by atoms with van der Waals surface area (Å²) in [5.74, 6) is 0.907. The Balaban J connectivity index is 1.92. The number of hydrogen-bond acceptors (Lipinski definition) is 6. The second-order valence-electron chi connectivity index (χ2n) is 6.02. The SMILES string of the molecule is CCOC(=O)c1sc(-c2ccc(OC)c(OC)c2)cc1NC(=S)NC1CC1. The predicted octanol–water partition coefficient (Wildman–Crippen LogP) is 4.06. The Morgan fingerprint density at radius 2 is 1.96 bits per heavy atom. The summed E-state index contributed by atoms with van der Waals surface area (Å²) in [6, 6.07) is 7.97. The highest BCUT2D eigenvalue weighted by atomic mass is 32.1. The van der Waals surface area contributed by atoms with Crippen LogP contribution in [0.1, 0.15) is 29.4 Å². The molecule has 144 valence electrons. The number of hydrogen-bond donors (Lipinski definition) is 2. The van der Waals surface area contributed by atoms with E-state index in [4.69, 9.17) is 26.4 Å². The van der Waals surface area contributed by atoms with Crippen LogP contribution in [-0.4, -0.2) is 38.0 Å². The van der Waals surface area contributed by atoms with Crippen molar-refractivity contribution in [1.29, 1.82) is 0 Å². The van der Waals surface area contributed by atoms with Crippen LogP contribution in [0, 0.1) is 0 Å². The Bertz CT molecular complexity index is 846. The summed E-state index contributed by atoms with van der Waals surface area (Å²) in [6.45, 7) is 2.10. The number of methoxy groups -OCH3 is 2. The summed E-state index contributed by atoms with van der Waals surface area (Å²) in [6.07, 6.45) is 2.24. The lowest BCUT2D eigenvalue weighted by atomic mass is 10.1. The number of thiophene rings is 1. The lowest BCUT2D eigenvalue weighted by Crippen LogP contribution is -2.30. The van der Waals surface area contributed by atoms with E-state index in [9.17, 15) is 4.79 Å². The normalized spacial score (nSPS) is 13.0. The second-order valence-corrected chi connectivity index (χ2v) is 7.48. The van der Waals surface area contributed by atoms with E-state index in [0.717, 1.165) is 23.3 Å². The molecule has 0 aliphatic heterocycles. The number of rotatable bonds is 7. The van der Waals surface area contributed by atoms with E-state index in [-0.39, 0.29) is 5.97 Å². The molecule has 27 heavy (non-hydrogen) atoms. The van der Waals surface area contributed by atoms with Gasteiger partial charge in [0.25, 0.3) is 0 Å². The molecular weight excluding hydrogens is 384 g/mol. The van der Waals surface area contributed by atoms with Gasteiger partial charge in [-0.05, 0) is 61.8 Å². The average molecular weight is 407 g/mol. The molecule has 2 aromatic rings. The van der Waals surface area contributed by atoms with Gasteiger partial charge in [-0.2, -0.15) is 0 Å². The van der Waals surface area contributed by atoms with Crippen molar-refractivity contribution in [3.8, 4) is 21.9 Å². The molecule has 0 radical (unpaired) electrons. The highest BCUT2D eigenvalue weighted by molar-refractivity contribution is 7.80. The smallest absolute Gasteiger partial charge is 0.350 e. The lowest BCUT2D eigenvalue weighted by Gasteiger charge is -2.09. The molecule has 1 aromatic carbocycles. The van der Waals surface area contributed by atoms with Crippen molar-refractivity contribution in [1.82, 2.24) is 5.32 Å². The third-order valence-corrected chi connectivity index (χ3v) is 5.41.